The van der Waals surface area contributed by atoms with Crippen molar-refractivity contribution in [1.29, 1.82) is 0 Å². The van der Waals surface area contributed by atoms with Gasteiger partial charge in [-0.2, -0.15) is 0 Å². The van der Waals surface area contributed by atoms with Crippen molar-refractivity contribution in [1.82, 2.24) is 10.2 Å². The minimum Gasteiger partial charge on any atom is -0.343 e. The van der Waals surface area contributed by atoms with Crippen molar-refractivity contribution in [2.45, 2.75) is 13.0 Å². The fourth-order valence-corrected chi connectivity index (χ4v) is 3.05. The molecule has 1 heterocycles. The van der Waals surface area contributed by atoms with E-state index in [0.29, 0.717) is 16.7 Å². The van der Waals surface area contributed by atoms with Gasteiger partial charge in [-0.25, -0.2) is 4.39 Å². The molecule has 1 aliphatic heterocycles. The molecule has 0 radical (unpaired) electrons. The zero-order valence-corrected chi connectivity index (χ0v) is 15.0. The van der Waals surface area contributed by atoms with Gasteiger partial charge in [-0.15, -0.1) is 0 Å². The minimum atomic E-state index is -0.448. The topological polar surface area (TPSA) is 49.4 Å². The van der Waals surface area contributed by atoms with Crippen molar-refractivity contribution in [3.8, 4) is 0 Å². The summed E-state index contributed by atoms with van der Waals surface area (Å²) in [6.07, 6.45) is 0.818. The second-order valence-electron chi connectivity index (χ2n) is 5.65. The van der Waals surface area contributed by atoms with Gasteiger partial charge in [-0.3, -0.25) is 9.59 Å². The molecule has 0 aliphatic carbocycles. The molecule has 0 saturated carbocycles. The first-order valence-electron chi connectivity index (χ1n) is 7.62. The van der Waals surface area contributed by atoms with Crippen LogP contribution >= 0.6 is 22.6 Å². The number of amides is 2. The number of carbonyl (C=O) groups excluding carboxylic acids is 2. The van der Waals surface area contributed by atoms with Gasteiger partial charge in [-0.1, -0.05) is 24.3 Å². The molecule has 6 heteroatoms. The second-order valence-corrected chi connectivity index (χ2v) is 6.81. The molecule has 0 aromatic heterocycles. The van der Waals surface area contributed by atoms with Crippen molar-refractivity contribution in [3.05, 3.63) is 68.5 Å². The third kappa shape index (κ3) is 3.75. The number of hydrogen-bond acceptors (Lipinski definition) is 2. The molecule has 4 nitrogen and oxygen atoms in total. The van der Waals surface area contributed by atoms with E-state index in [2.05, 4.69) is 11.4 Å². The van der Waals surface area contributed by atoms with E-state index in [9.17, 15) is 14.0 Å². The Morgan fingerprint density at radius 1 is 1.17 bits per heavy atom. The Bertz CT molecular complexity index is 794. The Morgan fingerprint density at radius 2 is 1.92 bits per heavy atom. The second kappa shape index (κ2) is 7.29. The van der Waals surface area contributed by atoms with Crippen LogP contribution in [-0.4, -0.2) is 29.8 Å². The van der Waals surface area contributed by atoms with Crippen LogP contribution in [0.4, 0.5) is 4.39 Å². The first-order valence-corrected chi connectivity index (χ1v) is 8.70. The maximum absolute atomic E-state index is 13.5. The molecule has 0 saturated heterocycles. The number of carbonyl (C=O) groups is 2. The van der Waals surface area contributed by atoms with Crippen molar-refractivity contribution in [2.24, 2.45) is 0 Å². The molecule has 2 aromatic carbocycles. The van der Waals surface area contributed by atoms with Crippen LogP contribution in [0.5, 0.6) is 0 Å². The molecule has 2 amide bonds. The molecule has 3 rings (SSSR count). The summed E-state index contributed by atoms with van der Waals surface area (Å²) < 4.78 is 14.0. The number of benzene rings is 2. The molecule has 0 bridgehead atoms. The Labute approximate surface area is 153 Å². The molecule has 0 fully saturated rings. The van der Waals surface area contributed by atoms with E-state index >= 15 is 0 Å². The number of nitrogens with one attached hydrogen (secondary N) is 1. The molecule has 2 aromatic rings. The van der Waals surface area contributed by atoms with Gasteiger partial charge >= 0.3 is 0 Å². The third-order valence-corrected chi connectivity index (χ3v) is 4.94. The highest BCUT2D eigenvalue weighted by molar-refractivity contribution is 14.1. The number of hydrogen-bond donors (Lipinski definition) is 1. The monoisotopic (exact) mass is 438 g/mol. The smallest absolute Gasteiger partial charge is 0.251 e. The Balaban J connectivity index is 1.58. The molecule has 1 aliphatic rings. The van der Waals surface area contributed by atoms with Crippen molar-refractivity contribution < 1.29 is 14.0 Å². The predicted molar refractivity (Wildman–Crippen MR) is 97.0 cm³/mol. The van der Waals surface area contributed by atoms with Crippen molar-refractivity contribution >= 4 is 34.4 Å². The van der Waals surface area contributed by atoms with E-state index in [-0.39, 0.29) is 18.0 Å². The van der Waals surface area contributed by atoms with E-state index < -0.39 is 11.7 Å². The zero-order valence-electron chi connectivity index (χ0n) is 12.9. The first kappa shape index (κ1) is 16.9. The zero-order chi connectivity index (χ0) is 17.1. The lowest BCUT2D eigenvalue weighted by atomic mass is 10.00. The predicted octanol–water partition coefficient (Wildman–Crippen LogP) is 2.75. The normalized spacial score (nSPS) is 13.3. The maximum atomic E-state index is 13.5. The van der Waals surface area contributed by atoms with Gasteiger partial charge in [0.05, 0.1) is 6.54 Å². The summed E-state index contributed by atoms with van der Waals surface area (Å²) in [5, 5.41) is 2.57. The van der Waals surface area contributed by atoms with E-state index in [0.717, 1.165) is 12.0 Å². The van der Waals surface area contributed by atoms with Gasteiger partial charge in [0.2, 0.25) is 5.91 Å². The molecule has 1 N–H and O–H groups in total. The quantitative estimate of drug-likeness (QED) is 0.750. The van der Waals surface area contributed by atoms with Gasteiger partial charge in [0.15, 0.2) is 0 Å². The average molecular weight is 438 g/mol. The van der Waals surface area contributed by atoms with Gasteiger partial charge in [0.25, 0.3) is 5.91 Å². The van der Waals surface area contributed by atoms with E-state index in [4.69, 9.17) is 0 Å². The standard InChI is InChI=1S/C18H16FIN2O2/c19-15-9-13(5-6-16(15)20)18(24)21-10-17(23)22-8-7-12-3-1-2-4-14(12)11-22/h1-6,9H,7-8,10-11H2,(H,21,24). The molecule has 0 atom stereocenters. The van der Waals surface area contributed by atoms with Crippen LogP contribution in [0, 0.1) is 9.39 Å². The van der Waals surface area contributed by atoms with Crippen LogP contribution in [0.3, 0.4) is 0 Å². The van der Waals surface area contributed by atoms with Crippen molar-refractivity contribution in [2.75, 3.05) is 13.1 Å². The van der Waals surface area contributed by atoms with Gasteiger partial charge in [-0.05, 0) is 58.3 Å². The summed E-state index contributed by atoms with van der Waals surface area (Å²) in [5.41, 5.74) is 2.62. The van der Waals surface area contributed by atoms with Crippen LogP contribution in [0.1, 0.15) is 21.5 Å². The van der Waals surface area contributed by atoms with Gasteiger partial charge in [0.1, 0.15) is 5.82 Å². The molecule has 124 valence electrons. The average Bonchev–Trinajstić information content (AvgIpc) is 2.61. The molecular weight excluding hydrogens is 422 g/mol. The highest BCUT2D eigenvalue weighted by Gasteiger charge is 2.20. The highest BCUT2D eigenvalue weighted by Crippen LogP contribution is 2.18. The SMILES string of the molecule is O=C(NCC(=O)N1CCc2ccccc2C1)c1ccc(I)c(F)c1. The number of nitrogens with zero attached hydrogens (tertiary/aromatic N) is 1. The van der Waals surface area contributed by atoms with Gasteiger partial charge in [0, 0.05) is 22.2 Å². The van der Waals surface area contributed by atoms with E-state index in [1.807, 2.05) is 40.8 Å². The van der Waals surface area contributed by atoms with Crippen LogP contribution in [0.2, 0.25) is 0 Å². The summed E-state index contributed by atoms with van der Waals surface area (Å²) in [4.78, 5) is 26.1. The Hall–Kier alpha value is -1.96. The van der Waals surface area contributed by atoms with E-state index in [1.54, 1.807) is 11.0 Å². The van der Waals surface area contributed by atoms with Crippen LogP contribution in [0.15, 0.2) is 42.5 Å². The van der Waals surface area contributed by atoms with E-state index in [1.165, 1.54) is 17.7 Å². The van der Waals surface area contributed by atoms with Gasteiger partial charge < -0.3 is 10.2 Å². The van der Waals surface area contributed by atoms with Crippen LogP contribution in [-0.2, 0) is 17.8 Å². The molecular formula is C18H16FIN2O2. The number of halogens is 2. The summed E-state index contributed by atoms with van der Waals surface area (Å²) >= 11 is 1.86. The largest absolute Gasteiger partial charge is 0.343 e. The number of fused-ring (bicyclic) bond motifs is 1. The lowest BCUT2D eigenvalue weighted by molar-refractivity contribution is -0.131. The third-order valence-electron chi connectivity index (χ3n) is 4.07. The highest BCUT2D eigenvalue weighted by atomic mass is 127. The van der Waals surface area contributed by atoms with Crippen molar-refractivity contribution in [3.63, 3.8) is 0 Å². The van der Waals surface area contributed by atoms with Crippen LogP contribution in [0.25, 0.3) is 0 Å². The fourth-order valence-electron chi connectivity index (χ4n) is 2.72. The summed E-state index contributed by atoms with van der Waals surface area (Å²) in [6.45, 7) is 1.11. The van der Waals surface area contributed by atoms with Crippen LogP contribution < -0.4 is 5.32 Å². The lowest BCUT2D eigenvalue weighted by Crippen LogP contribution is -2.42. The summed E-state index contributed by atoms with van der Waals surface area (Å²) in [6, 6.07) is 12.3. The molecule has 0 unspecified atom stereocenters. The Morgan fingerprint density at radius 3 is 2.67 bits per heavy atom. The lowest BCUT2D eigenvalue weighted by Gasteiger charge is -2.29. The molecule has 0 spiro atoms. The fraction of sp³-hybridized carbons (Fsp3) is 0.222. The Kier molecular flexibility index (Phi) is 5.13. The minimum absolute atomic E-state index is 0.0887. The summed E-state index contributed by atoms with van der Waals surface area (Å²) in [7, 11) is 0. The summed E-state index contributed by atoms with van der Waals surface area (Å²) in [5.74, 6) is -1.03. The number of rotatable bonds is 3. The first-order chi connectivity index (χ1) is 11.5. The molecule has 24 heavy (non-hydrogen) atoms. The maximum Gasteiger partial charge on any atom is 0.251 e.